The molecule has 0 amide bonds. The summed E-state index contributed by atoms with van der Waals surface area (Å²) in [4.78, 5) is 8.89. The van der Waals surface area contributed by atoms with E-state index in [0.717, 1.165) is 25.9 Å². The van der Waals surface area contributed by atoms with Gasteiger partial charge in [0.05, 0.1) is 0 Å². The molecule has 0 saturated carbocycles. The van der Waals surface area contributed by atoms with Gasteiger partial charge >= 0.3 is 0 Å². The van der Waals surface area contributed by atoms with Crippen molar-refractivity contribution in [3.05, 3.63) is 29.6 Å². The van der Waals surface area contributed by atoms with Crippen molar-refractivity contribution in [2.75, 3.05) is 41.3 Å². The number of pyridine rings is 1. The Balaban J connectivity index is 2.60. The Morgan fingerprint density at radius 2 is 1.62 bits per heavy atom. The smallest absolute Gasteiger partial charge is 0.0448 e. The van der Waals surface area contributed by atoms with E-state index in [1.165, 1.54) is 11.3 Å². The highest BCUT2D eigenvalue weighted by molar-refractivity contribution is 5.20. The molecule has 90 valence electrons. The molecule has 0 bridgehead atoms. The molecule has 3 heteroatoms. The monoisotopic (exact) mass is 221 g/mol. The Labute approximate surface area is 99.1 Å². The van der Waals surface area contributed by atoms with Gasteiger partial charge in [-0.2, -0.15) is 0 Å². The molecule has 0 saturated heterocycles. The molecule has 1 aromatic rings. The molecule has 1 aromatic heterocycles. The summed E-state index contributed by atoms with van der Waals surface area (Å²) in [6.45, 7) is 2.15. The van der Waals surface area contributed by atoms with Crippen LogP contribution in [0.3, 0.4) is 0 Å². The SMILES string of the molecule is CN(C)CCc1cccnc1CCN(C)C. The molecule has 1 rings (SSSR count). The Morgan fingerprint density at radius 3 is 2.25 bits per heavy atom. The fourth-order valence-corrected chi connectivity index (χ4v) is 1.60. The molecule has 3 nitrogen and oxygen atoms in total. The van der Waals surface area contributed by atoms with Gasteiger partial charge in [0.15, 0.2) is 0 Å². The minimum absolute atomic E-state index is 1.04. The van der Waals surface area contributed by atoms with E-state index < -0.39 is 0 Å². The van der Waals surface area contributed by atoms with Gasteiger partial charge in [-0.1, -0.05) is 6.07 Å². The van der Waals surface area contributed by atoms with Gasteiger partial charge in [-0.3, -0.25) is 4.98 Å². The van der Waals surface area contributed by atoms with Crippen molar-refractivity contribution in [3.63, 3.8) is 0 Å². The van der Waals surface area contributed by atoms with Crippen LogP contribution in [0.2, 0.25) is 0 Å². The van der Waals surface area contributed by atoms with Gasteiger partial charge in [-0.25, -0.2) is 0 Å². The lowest BCUT2D eigenvalue weighted by Crippen LogP contribution is -2.19. The van der Waals surface area contributed by atoms with Crippen LogP contribution in [0.5, 0.6) is 0 Å². The highest BCUT2D eigenvalue weighted by Gasteiger charge is 2.04. The van der Waals surface area contributed by atoms with Gasteiger partial charge in [0.25, 0.3) is 0 Å². The van der Waals surface area contributed by atoms with Crippen molar-refractivity contribution in [2.24, 2.45) is 0 Å². The molecule has 16 heavy (non-hydrogen) atoms. The summed E-state index contributed by atoms with van der Waals surface area (Å²) in [5.41, 5.74) is 2.64. The summed E-state index contributed by atoms with van der Waals surface area (Å²) in [6.07, 6.45) is 4.02. The zero-order valence-electron chi connectivity index (χ0n) is 10.9. The van der Waals surface area contributed by atoms with E-state index >= 15 is 0 Å². The first-order valence-corrected chi connectivity index (χ1v) is 5.82. The lowest BCUT2D eigenvalue weighted by atomic mass is 10.1. The number of rotatable bonds is 6. The van der Waals surface area contributed by atoms with Gasteiger partial charge in [0, 0.05) is 31.4 Å². The Hall–Kier alpha value is -0.930. The molecule has 0 spiro atoms. The van der Waals surface area contributed by atoms with Crippen molar-refractivity contribution in [1.29, 1.82) is 0 Å². The summed E-state index contributed by atoms with van der Waals surface area (Å²) in [5, 5.41) is 0. The van der Waals surface area contributed by atoms with Crippen molar-refractivity contribution in [1.82, 2.24) is 14.8 Å². The molecule has 0 aliphatic rings. The number of hydrogen-bond acceptors (Lipinski definition) is 3. The normalized spacial score (nSPS) is 11.4. The van der Waals surface area contributed by atoms with Crippen LogP contribution in [0, 0.1) is 0 Å². The number of aromatic nitrogens is 1. The molecular weight excluding hydrogens is 198 g/mol. The van der Waals surface area contributed by atoms with E-state index in [1.807, 2.05) is 12.3 Å². The van der Waals surface area contributed by atoms with Crippen LogP contribution in [-0.4, -0.2) is 56.1 Å². The Kier molecular flexibility index (Phi) is 5.43. The first-order chi connectivity index (χ1) is 7.59. The van der Waals surface area contributed by atoms with Crippen molar-refractivity contribution in [3.8, 4) is 0 Å². The molecular formula is C13H23N3. The molecule has 0 N–H and O–H groups in total. The standard InChI is InChI=1S/C13H23N3/c1-15(2)10-7-12-6-5-9-14-13(12)8-11-16(3)4/h5-6,9H,7-8,10-11H2,1-4H3. The number of nitrogens with zero attached hydrogens (tertiary/aromatic N) is 3. The third-order valence-corrected chi connectivity index (χ3v) is 2.61. The van der Waals surface area contributed by atoms with Crippen molar-refractivity contribution in [2.45, 2.75) is 12.8 Å². The summed E-state index contributed by atoms with van der Waals surface area (Å²) in [7, 11) is 8.41. The molecule has 0 fully saturated rings. The topological polar surface area (TPSA) is 19.4 Å². The van der Waals surface area contributed by atoms with Gasteiger partial charge in [0.2, 0.25) is 0 Å². The average Bonchev–Trinajstić information content (AvgIpc) is 2.24. The van der Waals surface area contributed by atoms with Crippen LogP contribution in [0.15, 0.2) is 18.3 Å². The third-order valence-electron chi connectivity index (χ3n) is 2.61. The first kappa shape index (κ1) is 13.1. The second kappa shape index (κ2) is 6.61. The van der Waals surface area contributed by atoms with Gasteiger partial charge in [-0.05, 0) is 46.2 Å². The average molecular weight is 221 g/mol. The summed E-state index contributed by atoms with van der Waals surface area (Å²) < 4.78 is 0. The fraction of sp³-hybridized carbons (Fsp3) is 0.615. The second-order valence-electron chi connectivity index (χ2n) is 4.72. The molecule has 0 aromatic carbocycles. The van der Waals surface area contributed by atoms with Crippen LogP contribution in [0.25, 0.3) is 0 Å². The highest BCUT2D eigenvalue weighted by Crippen LogP contribution is 2.07. The summed E-state index contributed by atoms with van der Waals surface area (Å²) in [6, 6.07) is 4.23. The van der Waals surface area contributed by atoms with E-state index in [-0.39, 0.29) is 0 Å². The van der Waals surface area contributed by atoms with Gasteiger partial charge < -0.3 is 9.80 Å². The van der Waals surface area contributed by atoms with Crippen LogP contribution < -0.4 is 0 Å². The van der Waals surface area contributed by atoms with E-state index in [1.54, 1.807) is 0 Å². The quantitative estimate of drug-likeness (QED) is 0.721. The fourth-order valence-electron chi connectivity index (χ4n) is 1.60. The minimum atomic E-state index is 1.04. The van der Waals surface area contributed by atoms with Crippen LogP contribution in [0.4, 0.5) is 0 Å². The molecule has 1 heterocycles. The molecule has 0 aliphatic carbocycles. The zero-order chi connectivity index (χ0) is 12.0. The number of likely N-dealkylation sites (N-methyl/N-ethyl adjacent to an activating group) is 2. The minimum Gasteiger partial charge on any atom is -0.309 e. The molecule has 0 unspecified atom stereocenters. The number of hydrogen-bond donors (Lipinski definition) is 0. The first-order valence-electron chi connectivity index (χ1n) is 5.82. The molecule has 0 aliphatic heterocycles. The van der Waals surface area contributed by atoms with Crippen LogP contribution >= 0.6 is 0 Å². The largest absolute Gasteiger partial charge is 0.309 e. The van der Waals surface area contributed by atoms with Crippen molar-refractivity contribution < 1.29 is 0 Å². The highest BCUT2D eigenvalue weighted by atomic mass is 15.1. The lowest BCUT2D eigenvalue weighted by molar-refractivity contribution is 0.404. The second-order valence-corrected chi connectivity index (χ2v) is 4.72. The third kappa shape index (κ3) is 4.73. The van der Waals surface area contributed by atoms with E-state index in [2.05, 4.69) is 49.0 Å². The van der Waals surface area contributed by atoms with E-state index in [9.17, 15) is 0 Å². The van der Waals surface area contributed by atoms with E-state index in [0.29, 0.717) is 0 Å². The Bertz CT molecular complexity index is 277. The summed E-state index contributed by atoms with van der Waals surface area (Å²) in [5.74, 6) is 0. The van der Waals surface area contributed by atoms with Crippen LogP contribution in [0.1, 0.15) is 11.3 Å². The van der Waals surface area contributed by atoms with Gasteiger partial charge in [-0.15, -0.1) is 0 Å². The predicted molar refractivity (Wildman–Crippen MR) is 68.8 cm³/mol. The summed E-state index contributed by atoms with van der Waals surface area (Å²) >= 11 is 0. The maximum Gasteiger partial charge on any atom is 0.0448 e. The predicted octanol–water partition coefficient (Wildman–Crippen LogP) is 1.29. The van der Waals surface area contributed by atoms with Crippen molar-refractivity contribution >= 4 is 0 Å². The molecule has 0 atom stereocenters. The van der Waals surface area contributed by atoms with E-state index in [4.69, 9.17) is 0 Å². The maximum atomic E-state index is 4.48. The van der Waals surface area contributed by atoms with Gasteiger partial charge in [0.1, 0.15) is 0 Å². The Morgan fingerprint density at radius 1 is 1.00 bits per heavy atom. The zero-order valence-corrected chi connectivity index (χ0v) is 10.9. The molecule has 0 radical (unpaired) electrons. The maximum absolute atomic E-state index is 4.48. The lowest BCUT2D eigenvalue weighted by Gasteiger charge is -2.14. The van der Waals surface area contributed by atoms with Crippen LogP contribution in [-0.2, 0) is 12.8 Å².